The van der Waals surface area contributed by atoms with E-state index in [1.807, 2.05) is 12.1 Å². The summed E-state index contributed by atoms with van der Waals surface area (Å²) in [7, 11) is 1.67. The standard InChI is InChI=1S/C22H28FNO3/c1-26-19-12-10-17(11-13-19)21-8-3-2-6-14-24(21)15-18(25)16-27-22-9-5-4-7-20(22)23/h4-5,7,9-13,18,21,25H,2-3,6,8,14-16H2,1H3/t18-,21-/m1/s1. The SMILES string of the molecule is COc1ccc([C@H]2CCCCCN2C[C@@H](O)COc2ccccc2F)cc1. The quantitative estimate of drug-likeness (QED) is 0.790. The van der Waals surface area contributed by atoms with Gasteiger partial charge in [-0.1, -0.05) is 37.1 Å². The van der Waals surface area contributed by atoms with Gasteiger partial charge in [-0.3, -0.25) is 4.90 Å². The summed E-state index contributed by atoms with van der Waals surface area (Å²) in [6, 6.07) is 14.7. The third-order valence-electron chi connectivity index (χ3n) is 5.08. The molecule has 1 fully saturated rings. The summed E-state index contributed by atoms with van der Waals surface area (Å²) in [5, 5.41) is 10.5. The van der Waals surface area contributed by atoms with Crippen LogP contribution in [0.15, 0.2) is 48.5 Å². The Morgan fingerprint density at radius 3 is 2.63 bits per heavy atom. The first kappa shape index (κ1) is 19.6. The minimum Gasteiger partial charge on any atom is -0.497 e. The lowest BCUT2D eigenvalue weighted by Crippen LogP contribution is -2.38. The minimum absolute atomic E-state index is 0.0762. The summed E-state index contributed by atoms with van der Waals surface area (Å²) in [5.74, 6) is 0.618. The molecule has 3 rings (SSSR count). The van der Waals surface area contributed by atoms with Crippen LogP contribution in [-0.4, -0.2) is 42.9 Å². The Labute approximate surface area is 160 Å². The lowest BCUT2D eigenvalue weighted by atomic mass is 10.0. The van der Waals surface area contributed by atoms with Crippen molar-refractivity contribution in [2.24, 2.45) is 0 Å². The first-order chi connectivity index (χ1) is 13.2. The largest absolute Gasteiger partial charge is 0.497 e. The Hall–Kier alpha value is -2.11. The molecule has 0 amide bonds. The summed E-state index contributed by atoms with van der Waals surface area (Å²) in [6.45, 7) is 1.52. The van der Waals surface area contributed by atoms with Crippen LogP contribution in [0, 0.1) is 5.82 Å². The summed E-state index contributed by atoms with van der Waals surface area (Å²) in [5.41, 5.74) is 1.24. The Balaban J connectivity index is 1.63. The number of aliphatic hydroxyl groups excluding tert-OH is 1. The third-order valence-corrected chi connectivity index (χ3v) is 5.08. The number of halogens is 1. The molecule has 1 N–H and O–H groups in total. The van der Waals surface area contributed by atoms with Gasteiger partial charge in [0.25, 0.3) is 0 Å². The predicted octanol–water partition coefficient (Wildman–Crippen LogP) is 4.19. The van der Waals surface area contributed by atoms with Gasteiger partial charge in [-0.2, -0.15) is 0 Å². The highest BCUT2D eigenvalue weighted by Crippen LogP contribution is 2.31. The number of methoxy groups -OCH3 is 1. The Morgan fingerprint density at radius 2 is 1.89 bits per heavy atom. The van der Waals surface area contributed by atoms with Gasteiger partial charge in [-0.05, 0) is 49.2 Å². The topological polar surface area (TPSA) is 41.9 Å². The van der Waals surface area contributed by atoms with E-state index in [0.717, 1.165) is 25.1 Å². The monoisotopic (exact) mass is 373 g/mol. The Bertz CT molecular complexity index is 707. The van der Waals surface area contributed by atoms with Crippen molar-refractivity contribution in [1.82, 2.24) is 4.90 Å². The van der Waals surface area contributed by atoms with Crippen molar-refractivity contribution in [1.29, 1.82) is 0 Å². The number of hydrogen-bond donors (Lipinski definition) is 1. The highest BCUT2D eigenvalue weighted by Gasteiger charge is 2.25. The van der Waals surface area contributed by atoms with E-state index in [4.69, 9.17) is 9.47 Å². The highest BCUT2D eigenvalue weighted by atomic mass is 19.1. The molecule has 0 aliphatic carbocycles. The van der Waals surface area contributed by atoms with Crippen LogP contribution in [0.1, 0.15) is 37.3 Å². The fraction of sp³-hybridized carbons (Fsp3) is 0.455. The maximum absolute atomic E-state index is 13.7. The number of hydrogen-bond acceptors (Lipinski definition) is 4. The van der Waals surface area contributed by atoms with Gasteiger partial charge in [0.15, 0.2) is 11.6 Å². The highest BCUT2D eigenvalue weighted by molar-refractivity contribution is 5.29. The number of likely N-dealkylation sites (tertiary alicyclic amines) is 1. The van der Waals surface area contributed by atoms with Crippen molar-refractivity contribution in [2.75, 3.05) is 26.8 Å². The Kier molecular flexibility index (Phi) is 7.07. The molecule has 1 aliphatic rings. The first-order valence-corrected chi connectivity index (χ1v) is 9.61. The van der Waals surface area contributed by atoms with Crippen molar-refractivity contribution in [3.63, 3.8) is 0 Å². The summed E-state index contributed by atoms with van der Waals surface area (Å²) < 4.78 is 24.4. The summed E-state index contributed by atoms with van der Waals surface area (Å²) >= 11 is 0. The second kappa shape index (κ2) is 9.72. The average molecular weight is 373 g/mol. The van der Waals surface area contributed by atoms with E-state index in [-0.39, 0.29) is 18.4 Å². The molecule has 0 saturated carbocycles. The fourth-order valence-corrected chi connectivity index (χ4v) is 3.66. The van der Waals surface area contributed by atoms with Gasteiger partial charge < -0.3 is 14.6 Å². The van der Waals surface area contributed by atoms with E-state index in [0.29, 0.717) is 6.54 Å². The van der Waals surface area contributed by atoms with Crippen LogP contribution in [0.4, 0.5) is 4.39 Å². The van der Waals surface area contributed by atoms with Crippen molar-refractivity contribution in [3.05, 3.63) is 59.9 Å². The van der Waals surface area contributed by atoms with Crippen LogP contribution < -0.4 is 9.47 Å². The van der Waals surface area contributed by atoms with Crippen LogP contribution in [0.2, 0.25) is 0 Å². The Morgan fingerprint density at radius 1 is 1.11 bits per heavy atom. The molecule has 2 aromatic rings. The maximum atomic E-state index is 13.7. The van der Waals surface area contributed by atoms with Gasteiger partial charge in [0, 0.05) is 12.6 Å². The third kappa shape index (κ3) is 5.44. The van der Waals surface area contributed by atoms with E-state index in [2.05, 4.69) is 17.0 Å². The molecule has 1 aliphatic heterocycles. The second-order valence-electron chi connectivity index (χ2n) is 7.03. The molecule has 0 radical (unpaired) electrons. The van der Waals surface area contributed by atoms with E-state index in [1.165, 1.54) is 24.5 Å². The van der Waals surface area contributed by atoms with Gasteiger partial charge in [-0.25, -0.2) is 4.39 Å². The second-order valence-corrected chi connectivity index (χ2v) is 7.03. The number of aliphatic hydroxyl groups is 1. The minimum atomic E-state index is -0.677. The molecule has 4 nitrogen and oxygen atoms in total. The van der Waals surface area contributed by atoms with E-state index in [9.17, 15) is 9.50 Å². The zero-order chi connectivity index (χ0) is 19.1. The van der Waals surface area contributed by atoms with Crippen LogP contribution >= 0.6 is 0 Å². The number of para-hydroxylation sites is 1. The molecule has 27 heavy (non-hydrogen) atoms. The molecule has 0 unspecified atom stereocenters. The molecule has 2 aromatic carbocycles. The average Bonchev–Trinajstić information content (AvgIpc) is 2.93. The van der Waals surface area contributed by atoms with Gasteiger partial charge in [0.05, 0.1) is 7.11 Å². The van der Waals surface area contributed by atoms with E-state index >= 15 is 0 Å². The van der Waals surface area contributed by atoms with Crippen LogP contribution in [0.3, 0.4) is 0 Å². The first-order valence-electron chi connectivity index (χ1n) is 9.61. The van der Waals surface area contributed by atoms with Gasteiger partial charge >= 0.3 is 0 Å². The zero-order valence-corrected chi connectivity index (χ0v) is 15.8. The summed E-state index contributed by atoms with van der Waals surface area (Å²) in [4.78, 5) is 2.32. The number of rotatable bonds is 7. The van der Waals surface area contributed by atoms with Crippen LogP contribution in [0.5, 0.6) is 11.5 Å². The molecule has 0 aromatic heterocycles. The molecular formula is C22H28FNO3. The van der Waals surface area contributed by atoms with Crippen LogP contribution in [0.25, 0.3) is 0 Å². The molecular weight excluding hydrogens is 345 g/mol. The van der Waals surface area contributed by atoms with Crippen molar-refractivity contribution < 1.29 is 19.0 Å². The zero-order valence-electron chi connectivity index (χ0n) is 15.8. The van der Waals surface area contributed by atoms with Gasteiger partial charge in [0.1, 0.15) is 18.5 Å². The van der Waals surface area contributed by atoms with Gasteiger partial charge in [0.2, 0.25) is 0 Å². The molecule has 2 atom stereocenters. The normalized spacial score (nSPS) is 19.3. The molecule has 0 spiro atoms. The number of nitrogens with zero attached hydrogens (tertiary/aromatic N) is 1. The smallest absolute Gasteiger partial charge is 0.165 e. The molecule has 1 heterocycles. The van der Waals surface area contributed by atoms with E-state index in [1.54, 1.807) is 25.3 Å². The van der Waals surface area contributed by atoms with Crippen molar-refractivity contribution in [3.8, 4) is 11.5 Å². The lowest BCUT2D eigenvalue weighted by Gasteiger charge is -2.32. The van der Waals surface area contributed by atoms with E-state index < -0.39 is 11.9 Å². The van der Waals surface area contributed by atoms with Gasteiger partial charge in [-0.15, -0.1) is 0 Å². The fourth-order valence-electron chi connectivity index (χ4n) is 3.66. The van der Waals surface area contributed by atoms with Crippen LogP contribution in [-0.2, 0) is 0 Å². The van der Waals surface area contributed by atoms with Crippen molar-refractivity contribution >= 4 is 0 Å². The molecule has 0 bridgehead atoms. The molecule has 146 valence electrons. The molecule has 1 saturated heterocycles. The number of β-amino-alcohol motifs (C(OH)–C–C–N with tert-alkyl or cyclic N) is 1. The maximum Gasteiger partial charge on any atom is 0.165 e. The van der Waals surface area contributed by atoms with Crippen molar-refractivity contribution in [2.45, 2.75) is 37.8 Å². The molecule has 5 heteroatoms. The predicted molar refractivity (Wildman–Crippen MR) is 104 cm³/mol. The summed E-state index contributed by atoms with van der Waals surface area (Å²) in [6.07, 6.45) is 3.88. The number of ether oxygens (including phenoxy) is 2. The number of benzene rings is 2. The lowest BCUT2D eigenvalue weighted by molar-refractivity contribution is 0.0514.